The predicted octanol–water partition coefficient (Wildman–Crippen LogP) is 3.27. The second-order valence-corrected chi connectivity index (χ2v) is 4.82. The molecular formula is C17H18N2O. The van der Waals surface area contributed by atoms with Gasteiger partial charge in [0.15, 0.2) is 0 Å². The van der Waals surface area contributed by atoms with Crippen LogP contribution in [0.2, 0.25) is 0 Å². The SMILES string of the molecule is COc1ccccc1C(CN)c1c[nH]c2ccccc12. The lowest BCUT2D eigenvalue weighted by Crippen LogP contribution is -2.14. The molecule has 3 aromatic rings. The van der Waals surface area contributed by atoms with E-state index in [1.165, 1.54) is 10.9 Å². The molecule has 0 amide bonds. The average Bonchev–Trinajstić information content (AvgIpc) is 2.93. The van der Waals surface area contributed by atoms with Crippen molar-refractivity contribution < 1.29 is 4.74 Å². The zero-order valence-electron chi connectivity index (χ0n) is 11.5. The number of fused-ring (bicyclic) bond motifs is 1. The lowest BCUT2D eigenvalue weighted by atomic mass is 9.90. The Morgan fingerprint density at radius 2 is 1.80 bits per heavy atom. The van der Waals surface area contributed by atoms with E-state index in [1.807, 2.05) is 24.3 Å². The summed E-state index contributed by atoms with van der Waals surface area (Å²) in [6, 6.07) is 16.3. The van der Waals surface area contributed by atoms with Gasteiger partial charge in [-0.25, -0.2) is 0 Å². The highest BCUT2D eigenvalue weighted by atomic mass is 16.5. The molecule has 3 rings (SSSR count). The first-order valence-corrected chi connectivity index (χ1v) is 6.74. The Kier molecular flexibility index (Phi) is 3.44. The predicted molar refractivity (Wildman–Crippen MR) is 82.2 cm³/mol. The van der Waals surface area contributed by atoms with Crippen LogP contribution in [0.1, 0.15) is 17.0 Å². The molecule has 0 aliphatic carbocycles. The van der Waals surface area contributed by atoms with Crippen molar-refractivity contribution in [1.29, 1.82) is 0 Å². The maximum absolute atomic E-state index is 6.04. The molecule has 0 saturated carbocycles. The van der Waals surface area contributed by atoms with Crippen molar-refractivity contribution in [3.63, 3.8) is 0 Å². The third-order valence-electron chi connectivity index (χ3n) is 3.75. The molecule has 0 bridgehead atoms. The van der Waals surface area contributed by atoms with Crippen molar-refractivity contribution in [3.8, 4) is 5.75 Å². The first-order valence-electron chi connectivity index (χ1n) is 6.74. The fourth-order valence-corrected chi connectivity index (χ4v) is 2.76. The summed E-state index contributed by atoms with van der Waals surface area (Å²) in [6.07, 6.45) is 2.05. The van der Waals surface area contributed by atoms with Gasteiger partial charge in [-0.05, 0) is 17.7 Å². The quantitative estimate of drug-likeness (QED) is 0.761. The Hall–Kier alpha value is -2.26. The van der Waals surface area contributed by atoms with E-state index < -0.39 is 0 Å². The normalized spacial score (nSPS) is 12.5. The van der Waals surface area contributed by atoms with Gasteiger partial charge in [0.2, 0.25) is 0 Å². The van der Waals surface area contributed by atoms with E-state index in [1.54, 1.807) is 7.11 Å². The van der Waals surface area contributed by atoms with Gasteiger partial charge in [-0.15, -0.1) is 0 Å². The molecule has 1 heterocycles. The number of aromatic amines is 1. The number of benzene rings is 2. The molecule has 20 heavy (non-hydrogen) atoms. The summed E-state index contributed by atoms with van der Waals surface area (Å²) in [7, 11) is 1.70. The second kappa shape index (κ2) is 5.39. The number of methoxy groups -OCH3 is 1. The largest absolute Gasteiger partial charge is 0.496 e. The summed E-state index contributed by atoms with van der Waals surface area (Å²) in [5, 5.41) is 1.22. The van der Waals surface area contributed by atoms with Crippen LogP contribution in [0.15, 0.2) is 54.7 Å². The van der Waals surface area contributed by atoms with Gasteiger partial charge in [0, 0.05) is 35.1 Å². The lowest BCUT2D eigenvalue weighted by Gasteiger charge is -2.18. The van der Waals surface area contributed by atoms with Crippen LogP contribution < -0.4 is 10.5 Å². The molecule has 0 radical (unpaired) electrons. The van der Waals surface area contributed by atoms with Gasteiger partial charge < -0.3 is 15.5 Å². The molecule has 0 aliphatic heterocycles. The number of ether oxygens (including phenoxy) is 1. The van der Waals surface area contributed by atoms with Crippen molar-refractivity contribution in [2.75, 3.05) is 13.7 Å². The van der Waals surface area contributed by atoms with E-state index in [0.717, 1.165) is 16.8 Å². The number of hydrogen-bond donors (Lipinski definition) is 2. The molecule has 0 saturated heterocycles. The zero-order chi connectivity index (χ0) is 13.9. The first kappa shape index (κ1) is 12.8. The Morgan fingerprint density at radius 3 is 2.60 bits per heavy atom. The third kappa shape index (κ3) is 2.06. The second-order valence-electron chi connectivity index (χ2n) is 4.82. The first-order chi connectivity index (χ1) is 9.85. The molecular weight excluding hydrogens is 248 g/mol. The third-order valence-corrected chi connectivity index (χ3v) is 3.75. The number of para-hydroxylation sites is 2. The van der Waals surface area contributed by atoms with E-state index in [-0.39, 0.29) is 5.92 Å². The molecule has 1 atom stereocenters. The Labute approximate surface area is 118 Å². The van der Waals surface area contributed by atoms with Gasteiger partial charge in [-0.3, -0.25) is 0 Å². The van der Waals surface area contributed by atoms with Crippen LogP contribution in [0.5, 0.6) is 5.75 Å². The van der Waals surface area contributed by atoms with Gasteiger partial charge in [-0.1, -0.05) is 36.4 Å². The van der Waals surface area contributed by atoms with Gasteiger partial charge in [0.05, 0.1) is 7.11 Å². The number of nitrogens with two attached hydrogens (primary N) is 1. The van der Waals surface area contributed by atoms with Gasteiger partial charge in [0.25, 0.3) is 0 Å². The molecule has 3 nitrogen and oxygen atoms in total. The summed E-state index contributed by atoms with van der Waals surface area (Å²) in [5.41, 5.74) is 9.52. The minimum absolute atomic E-state index is 0.127. The Balaban J connectivity index is 2.14. The molecule has 0 spiro atoms. The van der Waals surface area contributed by atoms with Gasteiger partial charge in [-0.2, -0.15) is 0 Å². The molecule has 1 unspecified atom stereocenters. The van der Waals surface area contributed by atoms with E-state index in [9.17, 15) is 0 Å². The smallest absolute Gasteiger partial charge is 0.122 e. The van der Waals surface area contributed by atoms with Crippen LogP contribution in [0.4, 0.5) is 0 Å². The maximum atomic E-state index is 6.04. The van der Waals surface area contributed by atoms with Gasteiger partial charge >= 0.3 is 0 Å². The summed E-state index contributed by atoms with van der Waals surface area (Å²) in [4.78, 5) is 3.31. The molecule has 0 aliphatic rings. The van der Waals surface area contributed by atoms with Crippen molar-refractivity contribution in [3.05, 3.63) is 65.9 Å². The fourth-order valence-electron chi connectivity index (χ4n) is 2.76. The van der Waals surface area contributed by atoms with Crippen molar-refractivity contribution in [1.82, 2.24) is 4.98 Å². The average molecular weight is 266 g/mol. The van der Waals surface area contributed by atoms with Crippen LogP contribution >= 0.6 is 0 Å². The summed E-state index contributed by atoms with van der Waals surface area (Å²) < 4.78 is 5.47. The van der Waals surface area contributed by atoms with E-state index in [4.69, 9.17) is 10.5 Å². The minimum atomic E-state index is 0.127. The van der Waals surface area contributed by atoms with Gasteiger partial charge in [0.1, 0.15) is 5.75 Å². The van der Waals surface area contributed by atoms with Crippen LogP contribution in [0.25, 0.3) is 10.9 Å². The van der Waals surface area contributed by atoms with Crippen molar-refractivity contribution in [2.24, 2.45) is 5.73 Å². The molecule has 3 N–H and O–H groups in total. The number of aromatic nitrogens is 1. The van der Waals surface area contributed by atoms with E-state index >= 15 is 0 Å². The number of hydrogen-bond acceptors (Lipinski definition) is 2. The van der Waals surface area contributed by atoms with Crippen molar-refractivity contribution in [2.45, 2.75) is 5.92 Å². The van der Waals surface area contributed by atoms with Crippen LogP contribution in [0, 0.1) is 0 Å². The molecule has 0 fully saturated rings. The maximum Gasteiger partial charge on any atom is 0.122 e. The van der Waals surface area contributed by atoms with E-state index in [0.29, 0.717) is 6.54 Å². The number of H-pyrrole nitrogens is 1. The number of nitrogens with one attached hydrogen (secondary N) is 1. The highest BCUT2D eigenvalue weighted by Gasteiger charge is 2.19. The number of rotatable bonds is 4. The van der Waals surface area contributed by atoms with Crippen LogP contribution in [-0.4, -0.2) is 18.6 Å². The molecule has 2 aromatic carbocycles. The van der Waals surface area contributed by atoms with Crippen LogP contribution in [-0.2, 0) is 0 Å². The molecule has 1 aromatic heterocycles. The minimum Gasteiger partial charge on any atom is -0.496 e. The zero-order valence-corrected chi connectivity index (χ0v) is 11.5. The summed E-state index contributed by atoms with van der Waals surface area (Å²) in [5.74, 6) is 1.01. The highest BCUT2D eigenvalue weighted by Crippen LogP contribution is 2.34. The topological polar surface area (TPSA) is 51.0 Å². The van der Waals surface area contributed by atoms with E-state index in [2.05, 4.69) is 35.4 Å². The lowest BCUT2D eigenvalue weighted by molar-refractivity contribution is 0.408. The van der Waals surface area contributed by atoms with Crippen LogP contribution in [0.3, 0.4) is 0 Å². The Bertz CT molecular complexity index is 718. The summed E-state index contributed by atoms with van der Waals surface area (Å²) in [6.45, 7) is 0.544. The summed E-state index contributed by atoms with van der Waals surface area (Å²) >= 11 is 0. The standard InChI is InChI=1S/C17H18N2O/c1-20-17-9-5-3-7-13(17)14(10-18)15-11-19-16-8-4-2-6-12(15)16/h2-9,11,14,19H,10,18H2,1H3. The monoisotopic (exact) mass is 266 g/mol. The molecule has 3 heteroatoms. The Morgan fingerprint density at radius 1 is 1.05 bits per heavy atom. The fraction of sp³-hybridized carbons (Fsp3) is 0.176. The molecule has 102 valence electrons. The highest BCUT2D eigenvalue weighted by molar-refractivity contribution is 5.84. The van der Waals surface area contributed by atoms with Crippen molar-refractivity contribution >= 4 is 10.9 Å².